The van der Waals surface area contributed by atoms with Gasteiger partial charge in [-0.25, -0.2) is 0 Å². The fourth-order valence-electron chi connectivity index (χ4n) is 5.91. The highest BCUT2D eigenvalue weighted by molar-refractivity contribution is 5.69. The van der Waals surface area contributed by atoms with Gasteiger partial charge in [-0.15, -0.1) is 0 Å². The van der Waals surface area contributed by atoms with Gasteiger partial charge in [0.25, 0.3) is 0 Å². The highest BCUT2D eigenvalue weighted by Crippen LogP contribution is 2.23. The average Bonchev–Trinajstić information content (AvgIpc) is 2.94. The first-order valence-electron chi connectivity index (χ1n) is 18.4. The molecule has 0 aromatic rings. The van der Waals surface area contributed by atoms with E-state index in [1.54, 1.807) is 0 Å². The molecule has 0 rings (SSSR count). The maximum Gasteiger partial charge on any atom is 0.305 e. The standard InChI is InChI=1S/C37H74O2/c1-4-7-10-13-16-19-21-23-26-29-32-36(31-28-25-22-18-15-12-9-6-3)34-35-39-37(38)33-30-27-24-20-17-14-11-8-5-2/h36H,4-35H2,1-3H3. The monoisotopic (exact) mass is 551 g/mol. The second kappa shape index (κ2) is 33.7. The minimum atomic E-state index is 0.0442. The van der Waals surface area contributed by atoms with Gasteiger partial charge in [0, 0.05) is 6.42 Å². The molecule has 0 fully saturated rings. The first-order chi connectivity index (χ1) is 19.2. The van der Waals surface area contributed by atoms with Crippen LogP contribution in [0.2, 0.25) is 0 Å². The zero-order valence-corrected chi connectivity index (χ0v) is 27.5. The molecule has 1 unspecified atom stereocenters. The molecule has 0 aromatic carbocycles. The van der Waals surface area contributed by atoms with E-state index in [9.17, 15) is 4.79 Å². The van der Waals surface area contributed by atoms with Gasteiger partial charge in [0.1, 0.15) is 0 Å². The topological polar surface area (TPSA) is 26.3 Å². The van der Waals surface area contributed by atoms with E-state index in [1.165, 1.54) is 180 Å². The van der Waals surface area contributed by atoms with Crippen molar-refractivity contribution in [3.63, 3.8) is 0 Å². The molecule has 0 amide bonds. The highest BCUT2D eigenvalue weighted by atomic mass is 16.5. The van der Waals surface area contributed by atoms with Gasteiger partial charge in [-0.05, 0) is 18.8 Å². The number of rotatable bonds is 33. The summed E-state index contributed by atoms with van der Waals surface area (Å²) in [5.41, 5.74) is 0. The first kappa shape index (κ1) is 38.5. The Balaban J connectivity index is 3.98. The molecule has 2 nitrogen and oxygen atoms in total. The molecule has 1 atom stereocenters. The summed E-state index contributed by atoms with van der Waals surface area (Å²) in [6.07, 6.45) is 41.2. The van der Waals surface area contributed by atoms with Crippen molar-refractivity contribution in [3.8, 4) is 0 Å². The van der Waals surface area contributed by atoms with Crippen LogP contribution >= 0.6 is 0 Å². The number of ether oxygens (including phenoxy) is 1. The van der Waals surface area contributed by atoms with Crippen LogP contribution in [0.25, 0.3) is 0 Å². The molecule has 0 saturated heterocycles. The Morgan fingerprint density at radius 1 is 0.410 bits per heavy atom. The molecule has 0 heterocycles. The fourth-order valence-corrected chi connectivity index (χ4v) is 5.91. The average molecular weight is 551 g/mol. The first-order valence-corrected chi connectivity index (χ1v) is 18.4. The van der Waals surface area contributed by atoms with Crippen LogP contribution in [0.5, 0.6) is 0 Å². The van der Waals surface area contributed by atoms with Crippen LogP contribution < -0.4 is 0 Å². The molecule has 39 heavy (non-hydrogen) atoms. The van der Waals surface area contributed by atoms with E-state index >= 15 is 0 Å². The fraction of sp³-hybridized carbons (Fsp3) is 0.973. The third-order valence-corrected chi connectivity index (χ3v) is 8.71. The lowest BCUT2D eigenvalue weighted by atomic mass is 9.91. The number of esters is 1. The van der Waals surface area contributed by atoms with E-state index in [4.69, 9.17) is 4.74 Å². The van der Waals surface area contributed by atoms with Crippen LogP contribution in [0, 0.1) is 5.92 Å². The third-order valence-electron chi connectivity index (χ3n) is 8.71. The Morgan fingerprint density at radius 3 is 1.08 bits per heavy atom. The lowest BCUT2D eigenvalue weighted by Gasteiger charge is -2.17. The van der Waals surface area contributed by atoms with Gasteiger partial charge in [0.15, 0.2) is 0 Å². The van der Waals surface area contributed by atoms with E-state index in [0.29, 0.717) is 13.0 Å². The van der Waals surface area contributed by atoms with Crippen LogP contribution in [-0.2, 0) is 9.53 Å². The summed E-state index contributed by atoms with van der Waals surface area (Å²) in [6.45, 7) is 7.51. The van der Waals surface area contributed by atoms with Crippen molar-refractivity contribution < 1.29 is 9.53 Å². The zero-order valence-electron chi connectivity index (χ0n) is 27.5. The van der Waals surface area contributed by atoms with Crippen LogP contribution in [0.3, 0.4) is 0 Å². The van der Waals surface area contributed by atoms with Crippen molar-refractivity contribution in [2.45, 2.75) is 220 Å². The Bertz CT molecular complexity index is 460. The van der Waals surface area contributed by atoms with Gasteiger partial charge in [-0.1, -0.05) is 201 Å². The van der Waals surface area contributed by atoms with Gasteiger partial charge in [0.05, 0.1) is 6.61 Å². The molecule has 0 spiro atoms. The Hall–Kier alpha value is -0.530. The van der Waals surface area contributed by atoms with Gasteiger partial charge in [-0.2, -0.15) is 0 Å². The molecular weight excluding hydrogens is 476 g/mol. The van der Waals surface area contributed by atoms with Gasteiger partial charge >= 0.3 is 5.97 Å². The maximum absolute atomic E-state index is 12.3. The third kappa shape index (κ3) is 31.9. The van der Waals surface area contributed by atoms with Crippen molar-refractivity contribution in [1.29, 1.82) is 0 Å². The maximum atomic E-state index is 12.3. The molecule has 0 radical (unpaired) electrons. The molecule has 0 N–H and O–H groups in total. The van der Waals surface area contributed by atoms with Crippen molar-refractivity contribution in [1.82, 2.24) is 0 Å². The smallest absolute Gasteiger partial charge is 0.305 e. The molecule has 2 heteroatoms. The summed E-state index contributed by atoms with van der Waals surface area (Å²) in [6, 6.07) is 0. The van der Waals surface area contributed by atoms with Crippen molar-refractivity contribution in [3.05, 3.63) is 0 Å². The predicted octanol–water partition coefficient (Wildman–Crippen LogP) is 13.3. The van der Waals surface area contributed by atoms with Gasteiger partial charge < -0.3 is 4.74 Å². The normalized spacial score (nSPS) is 12.2. The minimum absolute atomic E-state index is 0.0442. The quantitative estimate of drug-likeness (QED) is 0.0600. The Labute approximate surface area is 247 Å². The second-order valence-corrected chi connectivity index (χ2v) is 12.7. The second-order valence-electron chi connectivity index (χ2n) is 12.7. The summed E-state index contributed by atoms with van der Waals surface area (Å²) >= 11 is 0. The zero-order chi connectivity index (χ0) is 28.5. The summed E-state index contributed by atoms with van der Waals surface area (Å²) in [5, 5.41) is 0. The number of carbonyl (C=O) groups excluding carboxylic acids is 1. The SMILES string of the molecule is CCCCCCCCCCCCC(CCCCCCCCCC)CCOC(=O)CCCCCCCCCCC. The summed E-state index contributed by atoms with van der Waals surface area (Å²) < 4.78 is 5.69. The molecule has 0 saturated carbocycles. The van der Waals surface area contributed by atoms with Gasteiger partial charge in [-0.3, -0.25) is 4.79 Å². The van der Waals surface area contributed by atoms with Crippen LogP contribution in [-0.4, -0.2) is 12.6 Å². The van der Waals surface area contributed by atoms with Crippen molar-refractivity contribution in [2.24, 2.45) is 5.92 Å². The molecule has 234 valence electrons. The lowest BCUT2D eigenvalue weighted by molar-refractivity contribution is -0.144. The van der Waals surface area contributed by atoms with E-state index < -0.39 is 0 Å². The predicted molar refractivity (Wildman–Crippen MR) is 175 cm³/mol. The number of hydrogen-bond acceptors (Lipinski definition) is 2. The van der Waals surface area contributed by atoms with Crippen LogP contribution in [0.15, 0.2) is 0 Å². The van der Waals surface area contributed by atoms with E-state index in [1.807, 2.05) is 0 Å². The molecule has 0 aromatic heterocycles. The highest BCUT2D eigenvalue weighted by Gasteiger charge is 2.11. The minimum Gasteiger partial charge on any atom is -0.466 e. The van der Waals surface area contributed by atoms with E-state index in [2.05, 4.69) is 20.8 Å². The van der Waals surface area contributed by atoms with Crippen molar-refractivity contribution in [2.75, 3.05) is 6.61 Å². The number of hydrogen-bond donors (Lipinski definition) is 0. The van der Waals surface area contributed by atoms with Crippen LogP contribution in [0.1, 0.15) is 220 Å². The molecule has 0 bridgehead atoms. The summed E-state index contributed by atoms with van der Waals surface area (Å²) in [5.74, 6) is 0.794. The van der Waals surface area contributed by atoms with E-state index in [-0.39, 0.29) is 5.97 Å². The largest absolute Gasteiger partial charge is 0.466 e. The molecule has 0 aliphatic carbocycles. The Kier molecular flexibility index (Phi) is 33.2. The van der Waals surface area contributed by atoms with Crippen molar-refractivity contribution >= 4 is 5.97 Å². The van der Waals surface area contributed by atoms with Gasteiger partial charge in [0.2, 0.25) is 0 Å². The number of unbranched alkanes of at least 4 members (excludes halogenated alkanes) is 24. The molecular formula is C37H74O2. The molecule has 0 aliphatic heterocycles. The Morgan fingerprint density at radius 2 is 0.718 bits per heavy atom. The number of carbonyl (C=O) groups is 1. The summed E-state index contributed by atoms with van der Waals surface area (Å²) in [7, 11) is 0. The molecule has 0 aliphatic rings. The lowest BCUT2D eigenvalue weighted by Crippen LogP contribution is -2.10. The summed E-state index contributed by atoms with van der Waals surface area (Å²) in [4.78, 5) is 12.3. The van der Waals surface area contributed by atoms with E-state index in [0.717, 1.165) is 18.8 Å². The van der Waals surface area contributed by atoms with Crippen LogP contribution in [0.4, 0.5) is 0 Å².